The Morgan fingerprint density at radius 1 is 1.19 bits per heavy atom. The Morgan fingerprint density at radius 3 is 2.69 bits per heavy atom. The third kappa shape index (κ3) is 4.62. The first-order valence-electron chi connectivity index (χ1n) is 10.5. The summed E-state index contributed by atoms with van der Waals surface area (Å²) in [6, 6.07) is 14.5. The standard InChI is InChI=1S/C24H25ClN4O3/c1-32-19-7-5-16(6-8-19)14-29-12-10-27-22(24(29)31)20-15-28(11-9-21(20)26)23(30)17-3-2-4-18(25)13-17/h2-8,13H,9-12,14-15,26H2,1H3. The van der Waals surface area contributed by atoms with Gasteiger partial charge in [-0.2, -0.15) is 0 Å². The van der Waals surface area contributed by atoms with Gasteiger partial charge in [-0.3, -0.25) is 14.6 Å². The van der Waals surface area contributed by atoms with Crippen molar-refractivity contribution in [2.45, 2.75) is 13.0 Å². The van der Waals surface area contributed by atoms with Crippen LogP contribution >= 0.6 is 11.6 Å². The Morgan fingerprint density at radius 2 is 1.97 bits per heavy atom. The van der Waals surface area contributed by atoms with Crippen molar-refractivity contribution in [3.05, 3.63) is 76.0 Å². The van der Waals surface area contributed by atoms with Crippen LogP contribution in [0.4, 0.5) is 0 Å². The molecule has 2 aromatic rings. The van der Waals surface area contributed by atoms with E-state index in [0.29, 0.717) is 60.2 Å². The van der Waals surface area contributed by atoms with Gasteiger partial charge >= 0.3 is 0 Å². The number of rotatable bonds is 5. The van der Waals surface area contributed by atoms with E-state index >= 15 is 0 Å². The molecule has 0 saturated carbocycles. The molecule has 2 aliphatic heterocycles. The Balaban J connectivity index is 1.50. The minimum absolute atomic E-state index is 0.142. The molecule has 0 spiro atoms. The van der Waals surface area contributed by atoms with Crippen LogP contribution < -0.4 is 10.5 Å². The lowest BCUT2D eigenvalue weighted by atomic mass is 9.98. The Hall–Kier alpha value is -3.32. The fourth-order valence-corrected chi connectivity index (χ4v) is 4.10. The summed E-state index contributed by atoms with van der Waals surface area (Å²) < 4.78 is 5.20. The second kappa shape index (κ2) is 9.44. The van der Waals surface area contributed by atoms with Crippen LogP contribution in [0.2, 0.25) is 5.02 Å². The van der Waals surface area contributed by atoms with Crippen LogP contribution in [0, 0.1) is 0 Å². The van der Waals surface area contributed by atoms with Crippen LogP contribution in [0.25, 0.3) is 0 Å². The topological polar surface area (TPSA) is 88.2 Å². The molecule has 2 aliphatic rings. The van der Waals surface area contributed by atoms with Gasteiger partial charge in [0, 0.05) is 54.5 Å². The van der Waals surface area contributed by atoms with Crippen LogP contribution in [-0.2, 0) is 11.3 Å². The summed E-state index contributed by atoms with van der Waals surface area (Å²) in [5.41, 5.74) is 9.39. The molecule has 0 radical (unpaired) electrons. The summed E-state index contributed by atoms with van der Waals surface area (Å²) in [6.07, 6.45) is 0.492. The number of carbonyl (C=O) groups excluding carboxylic acids is 2. The minimum Gasteiger partial charge on any atom is -0.497 e. The molecule has 0 bridgehead atoms. The van der Waals surface area contributed by atoms with Gasteiger partial charge in [0.1, 0.15) is 11.5 Å². The van der Waals surface area contributed by atoms with Gasteiger partial charge in [-0.25, -0.2) is 0 Å². The van der Waals surface area contributed by atoms with E-state index in [9.17, 15) is 9.59 Å². The summed E-state index contributed by atoms with van der Waals surface area (Å²) >= 11 is 6.04. The molecule has 0 aliphatic carbocycles. The van der Waals surface area contributed by atoms with Crippen molar-refractivity contribution in [1.29, 1.82) is 0 Å². The number of amides is 2. The highest BCUT2D eigenvalue weighted by atomic mass is 35.5. The summed E-state index contributed by atoms with van der Waals surface area (Å²) in [6.45, 7) is 2.24. The van der Waals surface area contributed by atoms with Crippen molar-refractivity contribution in [2.24, 2.45) is 10.7 Å². The number of ether oxygens (including phenoxy) is 1. The highest BCUT2D eigenvalue weighted by Gasteiger charge is 2.32. The molecule has 8 heteroatoms. The SMILES string of the molecule is COc1ccc(CN2CCN=C(C3=C(N)CCN(C(=O)c4cccc(Cl)c4)C3)C2=O)cc1. The fourth-order valence-electron chi connectivity index (χ4n) is 3.91. The lowest BCUT2D eigenvalue weighted by Crippen LogP contribution is -2.47. The van der Waals surface area contributed by atoms with Crippen LogP contribution in [0.1, 0.15) is 22.3 Å². The summed E-state index contributed by atoms with van der Waals surface area (Å²) in [4.78, 5) is 34.2. The molecule has 0 unspecified atom stereocenters. The van der Waals surface area contributed by atoms with Gasteiger partial charge < -0.3 is 20.3 Å². The lowest BCUT2D eigenvalue weighted by Gasteiger charge is -2.33. The maximum atomic E-state index is 13.2. The number of aliphatic imine (C=N–C) groups is 1. The van der Waals surface area contributed by atoms with Crippen LogP contribution in [0.3, 0.4) is 0 Å². The van der Waals surface area contributed by atoms with Crippen molar-refractivity contribution < 1.29 is 14.3 Å². The number of nitrogens with two attached hydrogens (primary N) is 1. The number of halogens is 1. The molecule has 166 valence electrons. The van der Waals surface area contributed by atoms with Crippen LogP contribution in [0.15, 0.2) is 64.8 Å². The number of methoxy groups -OCH3 is 1. The lowest BCUT2D eigenvalue weighted by molar-refractivity contribution is -0.125. The van der Waals surface area contributed by atoms with E-state index in [1.165, 1.54) is 0 Å². The van der Waals surface area contributed by atoms with E-state index in [1.807, 2.05) is 24.3 Å². The molecule has 2 heterocycles. The monoisotopic (exact) mass is 452 g/mol. The highest BCUT2D eigenvalue weighted by molar-refractivity contribution is 6.46. The minimum atomic E-state index is -0.165. The first kappa shape index (κ1) is 21.9. The van der Waals surface area contributed by atoms with Gasteiger partial charge in [-0.1, -0.05) is 29.8 Å². The zero-order valence-electron chi connectivity index (χ0n) is 17.9. The van der Waals surface area contributed by atoms with E-state index in [1.54, 1.807) is 41.2 Å². The van der Waals surface area contributed by atoms with E-state index in [0.717, 1.165) is 11.3 Å². The van der Waals surface area contributed by atoms with Gasteiger partial charge in [0.05, 0.1) is 13.7 Å². The predicted molar refractivity (Wildman–Crippen MR) is 124 cm³/mol. The van der Waals surface area contributed by atoms with Crippen LogP contribution in [0.5, 0.6) is 5.75 Å². The van der Waals surface area contributed by atoms with Crippen molar-refractivity contribution in [3.63, 3.8) is 0 Å². The fraction of sp³-hybridized carbons (Fsp3) is 0.292. The number of hydrogen-bond acceptors (Lipinski definition) is 5. The average Bonchev–Trinajstić information content (AvgIpc) is 2.81. The second-order valence-corrected chi connectivity index (χ2v) is 8.23. The Bertz CT molecular complexity index is 1090. The van der Waals surface area contributed by atoms with Crippen molar-refractivity contribution in [1.82, 2.24) is 9.80 Å². The third-order valence-corrected chi connectivity index (χ3v) is 5.93. The molecule has 0 fully saturated rings. The average molecular weight is 453 g/mol. The predicted octanol–water partition coefficient (Wildman–Crippen LogP) is 2.89. The molecular weight excluding hydrogens is 428 g/mol. The van der Waals surface area contributed by atoms with Crippen molar-refractivity contribution in [2.75, 3.05) is 33.3 Å². The second-order valence-electron chi connectivity index (χ2n) is 7.80. The summed E-state index contributed by atoms with van der Waals surface area (Å²) in [7, 11) is 1.62. The molecule has 32 heavy (non-hydrogen) atoms. The number of carbonyl (C=O) groups is 2. The number of benzene rings is 2. The zero-order chi connectivity index (χ0) is 22.7. The molecule has 2 aromatic carbocycles. The largest absolute Gasteiger partial charge is 0.497 e. The molecule has 0 saturated heterocycles. The van der Waals surface area contributed by atoms with Crippen molar-refractivity contribution >= 4 is 29.1 Å². The third-order valence-electron chi connectivity index (χ3n) is 5.69. The van der Waals surface area contributed by atoms with E-state index in [4.69, 9.17) is 22.1 Å². The Labute approximate surface area is 192 Å². The van der Waals surface area contributed by atoms with E-state index < -0.39 is 0 Å². The van der Waals surface area contributed by atoms with Gasteiger partial charge in [-0.15, -0.1) is 0 Å². The van der Waals surface area contributed by atoms with Gasteiger partial charge in [0.15, 0.2) is 0 Å². The first-order chi connectivity index (χ1) is 15.5. The summed E-state index contributed by atoms with van der Waals surface area (Å²) in [5, 5.41) is 0.504. The number of nitrogens with zero attached hydrogens (tertiary/aromatic N) is 3. The quantitative estimate of drug-likeness (QED) is 0.755. The highest BCUT2D eigenvalue weighted by Crippen LogP contribution is 2.22. The normalized spacial score (nSPS) is 16.8. The van der Waals surface area contributed by atoms with Gasteiger partial charge in [0.2, 0.25) is 0 Å². The van der Waals surface area contributed by atoms with Crippen LogP contribution in [-0.4, -0.2) is 60.6 Å². The Kier molecular flexibility index (Phi) is 6.46. The number of hydrogen-bond donors (Lipinski definition) is 1. The molecule has 7 nitrogen and oxygen atoms in total. The van der Waals surface area contributed by atoms with Gasteiger partial charge in [0.25, 0.3) is 11.8 Å². The molecular formula is C24H25ClN4O3. The molecule has 0 atom stereocenters. The van der Waals surface area contributed by atoms with Crippen molar-refractivity contribution in [3.8, 4) is 5.75 Å². The molecule has 2 N–H and O–H groups in total. The maximum Gasteiger partial charge on any atom is 0.272 e. The smallest absolute Gasteiger partial charge is 0.272 e. The first-order valence-corrected chi connectivity index (χ1v) is 10.8. The van der Waals surface area contributed by atoms with Gasteiger partial charge in [-0.05, 0) is 35.9 Å². The van der Waals surface area contributed by atoms with E-state index in [-0.39, 0.29) is 18.4 Å². The zero-order valence-corrected chi connectivity index (χ0v) is 18.6. The molecule has 2 amide bonds. The summed E-state index contributed by atoms with van der Waals surface area (Å²) in [5.74, 6) is 0.462. The van der Waals surface area contributed by atoms with E-state index in [2.05, 4.69) is 4.99 Å². The molecule has 4 rings (SSSR count). The molecule has 0 aromatic heterocycles. The maximum absolute atomic E-state index is 13.2.